The van der Waals surface area contributed by atoms with Crippen LogP contribution in [0, 0.1) is 5.82 Å². The molecule has 0 spiro atoms. The number of pyridine rings is 1. The number of aromatic nitrogens is 1. The number of rotatable bonds is 3. The molecule has 1 atom stereocenters. The van der Waals surface area contributed by atoms with Crippen LogP contribution in [0.2, 0.25) is 0 Å². The molecule has 4 nitrogen and oxygen atoms in total. The molecule has 0 saturated carbocycles. The van der Waals surface area contributed by atoms with Crippen LogP contribution < -0.4 is 4.90 Å². The van der Waals surface area contributed by atoms with Gasteiger partial charge in [-0.05, 0) is 36.6 Å². The van der Waals surface area contributed by atoms with Crippen molar-refractivity contribution in [2.75, 3.05) is 32.1 Å². The SMILES string of the molecule is CN(C)c1cc(C(=O)N2CCC[C@H](c3ccccc3F)C2)ccn1. The van der Waals surface area contributed by atoms with Crippen LogP contribution in [0.3, 0.4) is 0 Å². The van der Waals surface area contributed by atoms with E-state index in [-0.39, 0.29) is 17.6 Å². The Balaban J connectivity index is 1.78. The van der Waals surface area contributed by atoms with Gasteiger partial charge in [0.2, 0.25) is 0 Å². The van der Waals surface area contributed by atoms with E-state index in [9.17, 15) is 9.18 Å². The quantitative estimate of drug-likeness (QED) is 0.868. The van der Waals surface area contributed by atoms with Gasteiger partial charge in [0.1, 0.15) is 11.6 Å². The molecule has 0 unspecified atom stereocenters. The van der Waals surface area contributed by atoms with Crippen LogP contribution >= 0.6 is 0 Å². The van der Waals surface area contributed by atoms with Crippen LogP contribution in [0.5, 0.6) is 0 Å². The van der Waals surface area contributed by atoms with E-state index in [1.54, 1.807) is 24.4 Å². The highest BCUT2D eigenvalue weighted by atomic mass is 19.1. The second kappa shape index (κ2) is 6.99. The van der Waals surface area contributed by atoms with Gasteiger partial charge in [-0.2, -0.15) is 0 Å². The van der Waals surface area contributed by atoms with Crippen molar-refractivity contribution >= 4 is 11.7 Å². The Bertz CT molecular complexity index is 732. The monoisotopic (exact) mass is 327 g/mol. The van der Waals surface area contributed by atoms with E-state index in [0.717, 1.165) is 18.7 Å². The summed E-state index contributed by atoms with van der Waals surface area (Å²) in [6, 6.07) is 10.4. The number of piperidine rings is 1. The number of benzene rings is 1. The van der Waals surface area contributed by atoms with Gasteiger partial charge >= 0.3 is 0 Å². The first kappa shape index (κ1) is 16.4. The highest BCUT2D eigenvalue weighted by Gasteiger charge is 2.27. The number of halogens is 1. The molecular formula is C19H22FN3O. The zero-order valence-corrected chi connectivity index (χ0v) is 14.1. The summed E-state index contributed by atoms with van der Waals surface area (Å²) in [7, 11) is 3.79. The van der Waals surface area contributed by atoms with Crippen molar-refractivity contribution < 1.29 is 9.18 Å². The molecule has 2 heterocycles. The molecule has 1 aromatic heterocycles. The molecule has 1 aromatic carbocycles. The predicted octanol–water partition coefficient (Wildman–Crippen LogP) is 3.31. The summed E-state index contributed by atoms with van der Waals surface area (Å²) < 4.78 is 14.0. The summed E-state index contributed by atoms with van der Waals surface area (Å²) in [6.45, 7) is 1.27. The van der Waals surface area contributed by atoms with Gasteiger partial charge in [0, 0.05) is 44.9 Å². The highest BCUT2D eigenvalue weighted by molar-refractivity contribution is 5.95. The molecule has 0 aliphatic carbocycles. The summed E-state index contributed by atoms with van der Waals surface area (Å²) in [6.07, 6.45) is 3.45. The summed E-state index contributed by atoms with van der Waals surface area (Å²) >= 11 is 0. The van der Waals surface area contributed by atoms with Gasteiger partial charge in [0.05, 0.1) is 0 Å². The van der Waals surface area contributed by atoms with Crippen molar-refractivity contribution in [2.45, 2.75) is 18.8 Å². The lowest BCUT2D eigenvalue weighted by Gasteiger charge is -2.33. The summed E-state index contributed by atoms with van der Waals surface area (Å²) in [5.74, 6) is 0.611. The van der Waals surface area contributed by atoms with Crippen molar-refractivity contribution in [3.63, 3.8) is 0 Å². The molecular weight excluding hydrogens is 305 g/mol. The van der Waals surface area contributed by atoms with Crippen LogP contribution in [-0.4, -0.2) is 43.0 Å². The maximum atomic E-state index is 14.0. The topological polar surface area (TPSA) is 36.4 Å². The van der Waals surface area contributed by atoms with E-state index < -0.39 is 0 Å². The Hall–Kier alpha value is -2.43. The van der Waals surface area contributed by atoms with Crippen LogP contribution in [-0.2, 0) is 0 Å². The number of anilines is 1. The van der Waals surface area contributed by atoms with E-state index >= 15 is 0 Å². The zero-order valence-electron chi connectivity index (χ0n) is 14.1. The second-order valence-corrected chi connectivity index (χ2v) is 6.41. The molecule has 1 saturated heterocycles. The zero-order chi connectivity index (χ0) is 17.1. The molecule has 24 heavy (non-hydrogen) atoms. The van der Waals surface area contributed by atoms with Crippen molar-refractivity contribution in [3.8, 4) is 0 Å². The first-order chi connectivity index (χ1) is 11.6. The Morgan fingerprint density at radius 3 is 2.83 bits per heavy atom. The fraction of sp³-hybridized carbons (Fsp3) is 0.368. The molecule has 0 radical (unpaired) electrons. The molecule has 2 aromatic rings. The Labute approximate surface area is 141 Å². The van der Waals surface area contributed by atoms with Gasteiger partial charge in [-0.25, -0.2) is 9.37 Å². The first-order valence-electron chi connectivity index (χ1n) is 8.23. The smallest absolute Gasteiger partial charge is 0.254 e. The molecule has 1 aliphatic rings. The van der Waals surface area contributed by atoms with Gasteiger partial charge in [-0.3, -0.25) is 4.79 Å². The third-order valence-electron chi connectivity index (χ3n) is 4.50. The number of carbonyl (C=O) groups is 1. The number of amides is 1. The molecule has 5 heteroatoms. The minimum atomic E-state index is -0.185. The van der Waals surface area contributed by atoms with E-state index in [1.807, 2.05) is 36.0 Å². The van der Waals surface area contributed by atoms with Gasteiger partial charge in [0.15, 0.2) is 0 Å². The van der Waals surface area contributed by atoms with E-state index in [4.69, 9.17) is 0 Å². The van der Waals surface area contributed by atoms with E-state index in [1.165, 1.54) is 6.07 Å². The van der Waals surface area contributed by atoms with Crippen LogP contribution in [0.25, 0.3) is 0 Å². The minimum absolute atomic E-state index is 0.0125. The third kappa shape index (κ3) is 3.40. The largest absolute Gasteiger partial charge is 0.363 e. The Morgan fingerprint density at radius 2 is 2.08 bits per heavy atom. The predicted molar refractivity (Wildman–Crippen MR) is 92.8 cm³/mol. The molecule has 126 valence electrons. The fourth-order valence-corrected chi connectivity index (χ4v) is 3.20. The number of hydrogen-bond acceptors (Lipinski definition) is 3. The molecule has 1 amide bonds. The Kier molecular flexibility index (Phi) is 4.79. The molecule has 1 aliphatic heterocycles. The van der Waals surface area contributed by atoms with Gasteiger partial charge < -0.3 is 9.80 Å². The lowest BCUT2D eigenvalue weighted by atomic mass is 9.90. The van der Waals surface area contributed by atoms with E-state index in [0.29, 0.717) is 24.2 Å². The molecule has 0 N–H and O–H groups in total. The molecule has 1 fully saturated rings. The average molecular weight is 327 g/mol. The van der Waals surface area contributed by atoms with Crippen LogP contribution in [0.1, 0.15) is 34.7 Å². The number of carbonyl (C=O) groups excluding carboxylic acids is 1. The van der Waals surface area contributed by atoms with Crippen LogP contribution in [0.15, 0.2) is 42.6 Å². The van der Waals surface area contributed by atoms with Crippen molar-refractivity contribution in [2.24, 2.45) is 0 Å². The summed E-state index contributed by atoms with van der Waals surface area (Å²) in [5.41, 5.74) is 1.33. The number of likely N-dealkylation sites (tertiary alicyclic amines) is 1. The fourth-order valence-electron chi connectivity index (χ4n) is 3.20. The summed E-state index contributed by atoms with van der Waals surface area (Å²) in [4.78, 5) is 20.8. The molecule has 0 bridgehead atoms. The standard InChI is InChI=1S/C19H22FN3O/c1-22(2)18-12-14(9-10-21-18)19(24)23-11-5-6-15(13-23)16-7-3-4-8-17(16)20/h3-4,7-10,12,15H,5-6,11,13H2,1-2H3/t15-/m0/s1. The number of nitrogens with zero attached hydrogens (tertiary/aromatic N) is 3. The second-order valence-electron chi connectivity index (χ2n) is 6.41. The third-order valence-corrected chi connectivity index (χ3v) is 4.50. The Morgan fingerprint density at radius 1 is 1.29 bits per heavy atom. The maximum Gasteiger partial charge on any atom is 0.254 e. The van der Waals surface area contributed by atoms with Crippen molar-refractivity contribution in [1.82, 2.24) is 9.88 Å². The average Bonchev–Trinajstić information content (AvgIpc) is 2.61. The van der Waals surface area contributed by atoms with E-state index in [2.05, 4.69) is 4.98 Å². The summed E-state index contributed by atoms with van der Waals surface area (Å²) in [5, 5.41) is 0. The molecule has 3 rings (SSSR count). The maximum absolute atomic E-state index is 14.0. The van der Waals surface area contributed by atoms with Crippen molar-refractivity contribution in [3.05, 3.63) is 59.5 Å². The van der Waals surface area contributed by atoms with Crippen LogP contribution in [0.4, 0.5) is 10.2 Å². The van der Waals surface area contributed by atoms with Gasteiger partial charge in [0.25, 0.3) is 5.91 Å². The lowest BCUT2D eigenvalue weighted by molar-refractivity contribution is 0.0706. The normalized spacial score (nSPS) is 17.6. The lowest BCUT2D eigenvalue weighted by Crippen LogP contribution is -2.39. The first-order valence-corrected chi connectivity index (χ1v) is 8.23. The minimum Gasteiger partial charge on any atom is -0.363 e. The van der Waals surface area contributed by atoms with Gasteiger partial charge in [-0.1, -0.05) is 18.2 Å². The van der Waals surface area contributed by atoms with Gasteiger partial charge in [-0.15, -0.1) is 0 Å². The highest BCUT2D eigenvalue weighted by Crippen LogP contribution is 2.29. The number of hydrogen-bond donors (Lipinski definition) is 0. The van der Waals surface area contributed by atoms with Crippen molar-refractivity contribution in [1.29, 1.82) is 0 Å².